The summed E-state index contributed by atoms with van der Waals surface area (Å²) in [4.78, 5) is 7.41. The summed E-state index contributed by atoms with van der Waals surface area (Å²) in [6, 6.07) is 67.7. The van der Waals surface area contributed by atoms with Crippen LogP contribution in [0.15, 0.2) is 182 Å². The summed E-state index contributed by atoms with van der Waals surface area (Å²) in [5.74, 6) is 0. The molecule has 0 amide bonds. The summed E-state index contributed by atoms with van der Waals surface area (Å²) in [5, 5.41) is 10.5. The fourth-order valence-electron chi connectivity index (χ4n) is 9.53. The molecule has 0 fully saturated rings. The first kappa shape index (κ1) is 41.2. The lowest BCUT2D eigenvalue weighted by Crippen LogP contribution is -2.12. The molecule has 0 N–H and O–H groups in total. The second-order valence-corrected chi connectivity index (χ2v) is 23.7. The Labute approximate surface area is 402 Å². The summed E-state index contributed by atoms with van der Waals surface area (Å²) in [6.45, 7) is 14.1. The topological polar surface area (TPSA) is 6.48 Å². The van der Waals surface area contributed by atoms with E-state index in [1.54, 1.807) is 0 Å². The van der Waals surface area contributed by atoms with Gasteiger partial charge in [-0.2, -0.15) is 0 Å². The Morgan fingerprint density at radius 3 is 0.955 bits per heavy atom. The lowest BCUT2D eigenvalue weighted by atomic mass is 9.79. The Morgan fingerprint density at radius 1 is 0.333 bits per heavy atom. The van der Waals surface area contributed by atoms with Crippen LogP contribution in [-0.4, -0.2) is 0 Å². The van der Waals surface area contributed by atoms with Gasteiger partial charge in [0.05, 0.1) is 0 Å². The van der Waals surface area contributed by atoms with Crippen molar-refractivity contribution in [3.05, 3.63) is 193 Å². The Bertz CT molecular complexity index is 3320. The van der Waals surface area contributed by atoms with E-state index in [9.17, 15) is 0 Å². The van der Waals surface area contributed by atoms with Crippen LogP contribution in [0.2, 0.25) is 0 Å². The van der Waals surface area contributed by atoms with Crippen molar-refractivity contribution in [2.45, 2.75) is 52.4 Å². The van der Waals surface area contributed by atoms with E-state index in [0.29, 0.717) is 0 Å². The maximum absolute atomic E-state index is 2.52. The van der Waals surface area contributed by atoms with Gasteiger partial charge < -0.3 is 9.80 Å². The average molecular weight is 925 g/mol. The van der Waals surface area contributed by atoms with Gasteiger partial charge in [0.2, 0.25) is 0 Å². The van der Waals surface area contributed by atoms with Gasteiger partial charge in [-0.1, -0.05) is 126 Å². The first-order chi connectivity index (χ1) is 31.9. The number of thiophene rings is 4. The number of para-hydroxylation sites is 4. The minimum atomic E-state index is -0.0321. The van der Waals surface area contributed by atoms with Gasteiger partial charge in [-0.05, 0) is 151 Å². The first-order valence-electron chi connectivity index (χ1n) is 22.6. The molecule has 12 rings (SSSR count). The van der Waals surface area contributed by atoms with E-state index in [1.165, 1.54) is 93.1 Å². The number of nitrogens with zero attached hydrogens (tertiary/aromatic N) is 2. The standard InChI is InChI=1S/C60H48N2S4/c1-59(2,3)39-27-37-29-46(50-34-52-54(64-50)36-56(66-52)62(43-23-15-9-16-24-43)44-25-17-10-18-26-44)48-32-40(60(4,5)6)28-38-30-45(47(31-39)57(37)58(38)48)49-33-51-53(63-49)35-55(65-51)61(41-19-11-7-12-20-41)42-21-13-8-14-22-42/h7-36H,1-6H3. The highest BCUT2D eigenvalue weighted by Gasteiger charge is 2.26. The van der Waals surface area contributed by atoms with Gasteiger partial charge in [0.15, 0.2) is 0 Å². The van der Waals surface area contributed by atoms with Crippen molar-refractivity contribution >= 4 is 129 Å². The predicted molar refractivity (Wildman–Crippen MR) is 294 cm³/mol. The second-order valence-electron chi connectivity index (χ2n) is 19.5. The van der Waals surface area contributed by atoms with E-state index in [4.69, 9.17) is 0 Å². The molecule has 4 aromatic heterocycles. The van der Waals surface area contributed by atoms with E-state index in [0.717, 1.165) is 22.7 Å². The Morgan fingerprint density at radius 2 is 0.652 bits per heavy atom. The quantitative estimate of drug-likeness (QED) is 0.140. The predicted octanol–water partition coefficient (Wildman–Crippen LogP) is 20.0. The van der Waals surface area contributed by atoms with E-state index in [1.807, 2.05) is 45.3 Å². The third-order valence-corrected chi connectivity index (χ3v) is 17.5. The van der Waals surface area contributed by atoms with Gasteiger partial charge in [-0.25, -0.2) is 0 Å². The highest BCUT2D eigenvalue weighted by Crippen LogP contribution is 2.53. The molecule has 0 radical (unpaired) electrons. The zero-order chi connectivity index (χ0) is 44.9. The van der Waals surface area contributed by atoms with Crippen LogP contribution in [0.3, 0.4) is 0 Å². The Balaban J connectivity index is 1.04. The zero-order valence-electron chi connectivity index (χ0n) is 37.8. The number of rotatable bonds is 8. The van der Waals surface area contributed by atoms with Crippen molar-refractivity contribution in [2.75, 3.05) is 9.80 Å². The van der Waals surface area contributed by atoms with Gasteiger partial charge in [-0.15, -0.1) is 45.3 Å². The van der Waals surface area contributed by atoms with E-state index >= 15 is 0 Å². The van der Waals surface area contributed by atoms with Crippen LogP contribution >= 0.6 is 45.3 Å². The number of anilines is 6. The molecule has 6 heteroatoms. The molecule has 0 aliphatic rings. The number of hydrogen-bond donors (Lipinski definition) is 0. The van der Waals surface area contributed by atoms with Crippen molar-refractivity contribution in [3.63, 3.8) is 0 Å². The van der Waals surface area contributed by atoms with Crippen LogP contribution in [0.1, 0.15) is 52.7 Å². The average Bonchev–Trinajstić information content (AvgIpc) is 4.10. The van der Waals surface area contributed by atoms with E-state index in [-0.39, 0.29) is 10.8 Å². The van der Waals surface area contributed by atoms with Crippen LogP contribution in [0.25, 0.3) is 72.0 Å². The molecular formula is C60H48N2S4. The maximum Gasteiger partial charge on any atom is 0.102 e. The van der Waals surface area contributed by atoms with Crippen molar-refractivity contribution in [3.8, 4) is 20.9 Å². The molecule has 0 aliphatic carbocycles. The van der Waals surface area contributed by atoms with Crippen LogP contribution < -0.4 is 9.80 Å². The van der Waals surface area contributed by atoms with Gasteiger partial charge in [-0.3, -0.25) is 0 Å². The molecule has 2 nitrogen and oxygen atoms in total. The van der Waals surface area contributed by atoms with Crippen molar-refractivity contribution < 1.29 is 0 Å². The lowest BCUT2D eigenvalue weighted by Gasteiger charge is -2.25. The smallest absolute Gasteiger partial charge is 0.102 e. The fourth-order valence-corrected chi connectivity index (χ4v) is 14.5. The molecule has 8 aromatic carbocycles. The summed E-state index contributed by atoms with van der Waals surface area (Å²) in [7, 11) is 0. The fraction of sp³-hybridized carbons (Fsp3) is 0.133. The van der Waals surface area contributed by atoms with Crippen molar-refractivity contribution in [1.29, 1.82) is 0 Å². The molecule has 0 saturated carbocycles. The minimum absolute atomic E-state index is 0.0321. The molecular weight excluding hydrogens is 877 g/mol. The Hall–Kier alpha value is -6.28. The van der Waals surface area contributed by atoms with Crippen LogP contribution in [0.5, 0.6) is 0 Å². The molecule has 0 bridgehead atoms. The molecule has 0 unspecified atom stereocenters. The SMILES string of the molecule is CC(C)(C)c1cc2cc(-c3cc4sc(N(c5ccccc5)c5ccccc5)cc4s3)c3cc(C(C)(C)C)cc4cc(-c5cc6sc(N(c7ccccc7)c7ccccc7)cc6s5)c(c1)c2c43. The normalized spacial score (nSPS) is 12.4. The summed E-state index contributed by atoms with van der Waals surface area (Å²) >= 11 is 7.60. The third-order valence-electron chi connectivity index (χ3n) is 12.9. The molecule has 0 atom stereocenters. The number of benzene rings is 8. The summed E-state index contributed by atoms with van der Waals surface area (Å²) in [5.41, 5.74) is 9.95. The van der Waals surface area contributed by atoms with Crippen LogP contribution in [0.4, 0.5) is 32.8 Å². The molecule has 4 heterocycles. The molecule has 0 spiro atoms. The monoisotopic (exact) mass is 924 g/mol. The zero-order valence-corrected chi connectivity index (χ0v) is 41.1. The van der Waals surface area contributed by atoms with Crippen LogP contribution in [0, 0.1) is 0 Å². The highest BCUT2D eigenvalue weighted by molar-refractivity contribution is 7.32. The third kappa shape index (κ3) is 7.10. The van der Waals surface area contributed by atoms with Crippen molar-refractivity contribution in [2.24, 2.45) is 0 Å². The lowest BCUT2D eigenvalue weighted by molar-refractivity contribution is 0.591. The van der Waals surface area contributed by atoms with Gasteiger partial charge >= 0.3 is 0 Å². The molecule has 322 valence electrons. The summed E-state index contributed by atoms with van der Waals surface area (Å²) < 4.78 is 5.27. The van der Waals surface area contributed by atoms with E-state index in [2.05, 4.69) is 233 Å². The largest absolute Gasteiger partial charge is 0.302 e. The molecule has 0 saturated heterocycles. The van der Waals surface area contributed by atoms with Gasteiger partial charge in [0.1, 0.15) is 10.0 Å². The van der Waals surface area contributed by atoms with Gasteiger partial charge in [0, 0.05) is 62.4 Å². The van der Waals surface area contributed by atoms with Crippen molar-refractivity contribution in [1.82, 2.24) is 0 Å². The number of fused-ring (bicyclic) bond motifs is 2. The minimum Gasteiger partial charge on any atom is -0.302 e. The summed E-state index contributed by atoms with van der Waals surface area (Å²) in [6.07, 6.45) is 0. The van der Waals surface area contributed by atoms with Gasteiger partial charge in [0.25, 0.3) is 0 Å². The second kappa shape index (κ2) is 15.7. The molecule has 12 aromatic rings. The maximum atomic E-state index is 2.52. The Kier molecular flexibility index (Phi) is 9.78. The van der Waals surface area contributed by atoms with E-state index < -0.39 is 0 Å². The number of hydrogen-bond acceptors (Lipinski definition) is 6. The first-order valence-corrected chi connectivity index (χ1v) is 25.9. The highest BCUT2D eigenvalue weighted by atomic mass is 32.1. The molecule has 0 aliphatic heterocycles. The molecule has 66 heavy (non-hydrogen) atoms. The van der Waals surface area contributed by atoms with Crippen LogP contribution in [-0.2, 0) is 10.8 Å².